The van der Waals surface area contributed by atoms with Crippen LogP contribution < -0.4 is 11.1 Å². The average molecular weight is 476 g/mol. The number of nitrogens with one attached hydrogen (secondary N) is 1. The molecule has 0 saturated carbocycles. The van der Waals surface area contributed by atoms with Gasteiger partial charge in [0.15, 0.2) is 5.82 Å². The monoisotopic (exact) mass is 475 g/mol. The molecule has 1 aliphatic rings. The van der Waals surface area contributed by atoms with E-state index >= 15 is 0 Å². The molecule has 1 unspecified atom stereocenters. The van der Waals surface area contributed by atoms with Gasteiger partial charge in [-0.15, -0.1) is 0 Å². The molecule has 1 fully saturated rings. The molecule has 35 heavy (non-hydrogen) atoms. The van der Waals surface area contributed by atoms with Gasteiger partial charge in [-0.2, -0.15) is 5.10 Å². The number of hydrogen-bond acceptors (Lipinski definition) is 6. The highest BCUT2D eigenvalue weighted by atomic mass is 16.2. The summed E-state index contributed by atoms with van der Waals surface area (Å²) in [5.41, 5.74) is 9.19. The molecule has 0 spiro atoms. The molecule has 1 aliphatic heterocycles. The van der Waals surface area contributed by atoms with Gasteiger partial charge in [0, 0.05) is 44.5 Å². The van der Waals surface area contributed by atoms with Crippen molar-refractivity contribution in [2.75, 3.05) is 38.2 Å². The Morgan fingerprint density at radius 3 is 2.69 bits per heavy atom. The third kappa shape index (κ3) is 5.01. The number of carbonyl (C=O) groups is 3. The summed E-state index contributed by atoms with van der Waals surface area (Å²) in [5.74, 6) is -0.268. The lowest BCUT2D eigenvalue weighted by atomic mass is 9.94. The SMILES string of the molecule is C=CC(=O)N1CCCC(c2cc(C(=O)Nc3ccc(CC(=O)N(C)C)cc3)c3c(N)ncnn23)C1. The van der Waals surface area contributed by atoms with Gasteiger partial charge in [-0.25, -0.2) is 9.50 Å². The minimum Gasteiger partial charge on any atom is -0.382 e. The quantitative estimate of drug-likeness (QED) is 0.526. The number of benzene rings is 1. The summed E-state index contributed by atoms with van der Waals surface area (Å²) in [6, 6.07) is 8.92. The average Bonchev–Trinajstić information content (AvgIpc) is 3.26. The first kappa shape index (κ1) is 23.9. The van der Waals surface area contributed by atoms with Gasteiger partial charge in [-0.05, 0) is 42.7 Å². The van der Waals surface area contributed by atoms with Crippen LogP contribution in [0.3, 0.4) is 0 Å². The van der Waals surface area contributed by atoms with Crippen LogP contribution in [0, 0.1) is 0 Å². The number of fused-ring (bicyclic) bond motifs is 1. The third-order valence-corrected chi connectivity index (χ3v) is 6.25. The Hall–Kier alpha value is -4.21. The molecule has 182 valence electrons. The normalized spacial score (nSPS) is 15.6. The molecular weight excluding hydrogens is 446 g/mol. The van der Waals surface area contributed by atoms with E-state index in [9.17, 15) is 14.4 Å². The lowest BCUT2D eigenvalue weighted by Gasteiger charge is -2.31. The second-order valence-corrected chi connectivity index (χ2v) is 8.83. The van der Waals surface area contributed by atoms with E-state index in [0.717, 1.165) is 24.1 Å². The van der Waals surface area contributed by atoms with E-state index in [-0.39, 0.29) is 35.9 Å². The molecule has 3 amide bonds. The number of nitrogens with zero attached hydrogens (tertiary/aromatic N) is 5. The Balaban J connectivity index is 1.60. The number of rotatable bonds is 6. The zero-order chi connectivity index (χ0) is 25.1. The summed E-state index contributed by atoms with van der Waals surface area (Å²) in [5, 5.41) is 7.25. The number of anilines is 2. The van der Waals surface area contributed by atoms with Crippen LogP contribution in [0.25, 0.3) is 5.52 Å². The van der Waals surface area contributed by atoms with Crippen molar-refractivity contribution in [2.24, 2.45) is 0 Å². The van der Waals surface area contributed by atoms with Crippen molar-refractivity contribution in [3.05, 3.63) is 66.1 Å². The van der Waals surface area contributed by atoms with Gasteiger partial charge in [0.25, 0.3) is 5.91 Å². The molecule has 1 atom stereocenters. The fourth-order valence-corrected chi connectivity index (χ4v) is 4.34. The Morgan fingerprint density at radius 1 is 1.26 bits per heavy atom. The topological polar surface area (TPSA) is 126 Å². The van der Waals surface area contributed by atoms with Crippen molar-refractivity contribution in [3.63, 3.8) is 0 Å². The Bertz CT molecular complexity index is 1280. The first-order valence-electron chi connectivity index (χ1n) is 11.4. The van der Waals surface area contributed by atoms with Gasteiger partial charge >= 0.3 is 0 Å². The van der Waals surface area contributed by atoms with Crippen LogP contribution in [0.4, 0.5) is 11.5 Å². The number of hydrogen-bond donors (Lipinski definition) is 2. The number of carbonyl (C=O) groups excluding carboxylic acids is 3. The second-order valence-electron chi connectivity index (χ2n) is 8.83. The van der Waals surface area contributed by atoms with Crippen LogP contribution in [0.1, 0.15) is 40.4 Å². The first-order valence-corrected chi connectivity index (χ1v) is 11.4. The van der Waals surface area contributed by atoms with Crippen molar-refractivity contribution < 1.29 is 14.4 Å². The smallest absolute Gasteiger partial charge is 0.258 e. The van der Waals surface area contributed by atoms with Crippen molar-refractivity contribution in [2.45, 2.75) is 25.2 Å². The summed E-state index contributed by atoms with van der Waals surface area (Å²) < 4.78 is 1.65. The van der Waals surface area contributed by atoms with E-state index in [1.54, 1.807) is 41.7 Å². The number of piperidine rings is 1. The van der Waals surface area contributed by atoms with Gasteiger partial charge in [-0.1, -0.05) is 18.7 Å². The van der Waals surface area contributed by atoms with E-state index < -0.39 is 0 Å². The van der Waals surface area contributed by atoms with Crippen molar-refractivity contribution in [3.8, 4) is 0 Å². The molecular formula is C25H29N7O3. The predicted molar refractivity (Wildman–Crippen MR) is 133 cm³/mol. The number of likely N-dealkylation sites (N-methyl/N-ethyl adjacent to an activating group) is 1. The largest absolute Gasteiger partial charge is 0.382 e. The molecule has 3 N–H and O–H groups in total. The Kier molecular flexibility index (Phi) is 6.81. The van der Waals surface area contributed by atoms with E-state index in [4.69, 9.17) is 5.73 Å². The zero-order valence-electron chi connectivity index (χ0n) is 19.9. The summed E-state index contributed by atoms with van der Waals surface area (Å²) in [7, 11) is 3.43. The highest BCUT2D eigenvalue weighted by Crippen LogP contribution is 2.31. The number of amides is 3. The standard InChI is InChI=1S/C25H29N7O3/c1-4-21(33)31-11-5-6-17(14-31)20-13-19(23-24(26)27-15-28-32(20)23)25(35)29-18-9-7-16(8-10-18)12-22(34)30(2)3/h4,7-10,13,15,17H,1,5-6,11-12,14H2,2-3H3,(H,29,35)(H2,26,27,28). The van der Waals surface area contributed by atoms with Gasteiger partial charge in [0.05, 0.1) is 12.0 Å². The second kappa shape index (κ2) is 9.96. The molecule has 3 heterocycles. The van der Waals surface area contributed by atoms with Gasteiger partial charge < -0.3 is 20.9 Å². The van der Waals surface area contributed by atoms with Gasteiger partial charge in [0.2, 0.25) is 11.8 Å². The van der Waals surface area contributed by atoms with E-state index in [1.165, 1.54) is 17.3 Å². The number of nitrogens with two attached hydrogens (primary N) is 1. The fraction of sp³-hybridized carbons (Fsp3) is 0.320. The minimum absolute atomic E-state index is 0.00105. The van der Waals surface area contributed by atoms with E-state index in [0.29, 0.717) is 29.9 Å². The first-order chi connectivity index (χ1) is 16.8. The molecule has 10 nitrogen and oxygen atoms in total. The predicted octanol–water partition coefficient (Wildman–Crippen LogP) is 2.09. The molecule has 2 aromatic heterocycles. The summed E-state index contributed by atoms with van der Waals surface area (Å²) in [6.45, 7) is 4.76. The van der Waals surface area contributed by atoms with Crippen LogP contribution in [0.15, 0.2) is 49.3 Å². The fourth-order valence-electron chi connectivity index (χ4n) is 4.34. The van der Waals surface area contributed by atoms with Crippen LogP contribution in [0.5, 0.6) is 0 Å². The molecule has 0 radical (unpaired) electrons. The molecule has 3 aromatic rings. The number of nitrogen functional groups attached to an aromatic ring is 1. The number of likely N-dealkylation sites (tertiary alicyclic amines) is 1. The third-order valence-electron chi connectivity index (χ3n) is 6.25. The van der Waals surface area contributed by atoms with Gasteiger partial charge in [-0.3, -0.25) is 14.4 Å². The summed E-state index contributed by atoms with van der Waals surface area (Å²) in [4.78, 5) is 44.7. The minimum atomic E-state index is -0.345. The summed E-state index contributed by atoms with van der Waals surface area (Å²) >= 11 is 0. The van der Waals surface area contributed by atoms with Crippen LogP contribution in [-0.4, -0.2) is 69.3 Å². The van der Waals surface area contributed by atoms with Crippen molar-refractivity contribution in [1.29, 1.82) is 0 Å². The van der Waals surface area contributed by atoms with Crippen LogP contribution in [-0.2, 0) is 16.0 Å². The molecule has 0 aliphatic carbocycles. The maximum atomic E-state index is 13.3. The molecule has 4 rings (SSSR count). The number of aromatic nitrogens is 3. The van der Waals surface area contributed by atoms with E-state index in [1.807, 2.05) is 12.1 Å². The van der Waals surface area contributed by atoms with Crippen molar-refractivity contribution in [1.82, 2.24) is 24.4 Å². The lowest BCUT2D eigenvalue weighted by molar-refractivity contribution is -0.128. The molecule has 1 saturated heterocycles. The van der Waals surface area contributed by atoms with Gasteiger partial charge in [0.1, 0.15) is 11.8 Å². The van der Waals surface area contributed by atoms with Crippen LogP contribution in [0.2, 0.25) is 0 Å². The zero-order valence-corrected chi connectivity index (χ0v) is 19.9. The Morgan fingerprint density at radius 2 is 2.00 bits per heavy atom. The van der Waals surface area contributed by atoms with Crippen LogP contribution >= 0.6 is 0 Å². The van der Waals surface area contributed by atoms with Crippen molar-refractivity contribution >= 4 is 34.7 Å². The lowest BCUT2D eigenvalue weighted by Crippen LogP contribution is -2.38. The Labute approximate surface area is 203 Å². The maximum absolute atomic E-state index is 13.3. The summed E-state index contributed by atoms with van der Waals surface area (Å²) in [6.07, 6.45) is 4.65. The highest BCUT2D eigenvalue weighted by molar-refractivity contribution is 6.10. The molecule has 10 heteroatoms. The van der Waals surface area contributed by atoms with E-state index in [2.05, 4.69) is 22.0 Å². The highest BCUT2D eigenvalue weighted by Gasteiger charge is 2.29. The molecule has 0 bridgehead atoms. The maximum Gasteiger partial charge on any atom is 0.258 e. The molecule has 1 aromatic carbocycles.